The Balaban J connectivity index is 1.33. The average molecular weight is 618 g/mol. The number of anilines is 1. The van der Waals surface area contributed by atoms with Gasteiger partial charge in [0.05, 0.1) is 22.5 Å². The number of nitrogens with zero attached hydrogens (tertiary/aromatic N) is 1. The van der Waals surface area contributed by atoms with Crippen molar-refractivity contribution in [1.82, 2.24) is 4.98 Å². The number of imide groups is 1. The number of hydrogen-bond acceptors (Lipinski definition) is 5. The van der Waals surface area contributed by atoms with Gasteiger partial charge < -0.3 is 4.98 Å². The van der Waals surface area contributed by atoms with Crippen LogP contribution >= 0.6 is 55.0 Å². The molecule has 34 heavy (non-hydrogen) atoms. The lowest BCUT2D eigenvalue weighted by Gasteiger charge is -2.43. The van der Waals surface area contributed by atoms with Gasteiger partial charge in [0.15, 0.2) is 0 Å². The van der Waals surface area contributed by atoms with Gasteiger partial charge in [-0.25, -0.2) is 0 Å². The average Bonchev–Trinajstić information content (AvgIpc) is 3.53. The van der Waals surface area contributed by atoms with Crippen molar-refractivity contribution in [1.29, 1.82) is 0 Å². The van der Waals surface area contributed by atoms with Gasteiger partial charge in [-0.1, -0.05) is 55.3 Å². The normalized spacial score (nSPS) is 33.2. The maximum absolute atomic E-state index is 13.7. The van der Waals surface area contributed by atoms with Crippen LogP contribution in [0.1, 0.15) is 22.8 Å². The number of aromatic nitrogens is 1. The SMILES string of the molecule is O=C1C2C3CC(C2C(=O)N1c1ccc(Br)cc1)C1C3Sc2[nH]c(=O)sc2[C@@H]1c1cccc(Br)c1. The number of rotatable bonds is 2. The molecule has 4 aliphatic rings. The molecule has 7 rings (SSSR count). The molecule has 5 nitrogen and oxygen atoms in total. The van der Waals surface area contributed by atoms with Crippen LogP contribution in [0.3, 0.4) is 0 Å². The van der Waals surface area contributed by atoms with E-state index in [4.69, 9.17) is 0 Å². The van der Waals surface area contributed by atoms with Crippen LogP contribution in [0.25, 0.3) is 0 Å². The third-order valence-electron chi connectivity index (χ3n) is 8.02. The number of hydrogen-bond donors (Lipinski definition) is 1. The predicted molar refractivity (Wildman–Crippen MR) is 139 cm³/mol. The van der Waals surface area contributed by atoms with Crippen molar-refractivity contribution in [3.63, 3.8) is 0 Å². The smallest absolute Gasteiger partial charge is 0.305 e. The second kappa shape index (κ2) is 7.66. The van der Waals surface area contributed by atoms with Gasteiger partial charge in [0.25, 0.3) is 0 Å². The first-order valence-electron chi connectivity index (χ1n) is 11.2. The summed E-state index contributed by atoms with van der Waals surface area (Å²) in [7, 11) is 0. The summed E-state index contributed by atoms with van der Waals surface area (Å²) < 4.78 is 1.91. The van der Waals surface area contributed by atoms with Gasteiger partial charge in [0, 0.05) is 25.0 Å². The largest absolute Gasteiger partial charge is 0.307 e. The van der Waals surface area contributed by atoms with E-state index in [2.05, 4.69) is 49.0 Å². The second-order valence-electron chi connectivity index (χ2n) is 9.50. The number of nitrogens with one attached hydrogen (secondary N) is 1. The van der Waals surface area contributed by atoms with Crippen molar-refractivity contribution in [3.8, 4) is 0 Å². The molecule has 2 saturated carbocycles. The van der Waals surface area contributed by atoms with Crippen molar-refractivity contribution >= 4 is 72.5 Å². The molecule has 3 aromatic rings. The number of carbonyl (C=O) groups is 2. The highest BCUT2D eigenvalue weighted by molar-refractivity contribution is 9.10. The minimum Gasteiger partial charge on any atom is -0.307 e. The molecule has 2 aromatic carbocycles. The summed E-state index contributed by atoms with van der Waals surface area (Å²) in [6, 6.07) is 15.7. The van der Waals surface area contributed by atoms with Gasteiger partial charge in [0.2, 0.25) is 11.8 Å². The summed E-state index contributed by atoms with van der Waals surface area (Å²) in [5, 5.41) is 1.14. The molecule has 2 amide bonds. The highest BCUT2D eigenvalue weighted by Gasteiger charge is 2.69. The molecule has 7 atom stereocenters. The van der Waals surface area contributed by atoms with E-state index in [1.54, 1.807) is 11.8 Å². The van der Waals surface area contributed by atoms with Gasteiger partial charge in [-0.05, 0) is 66.1 Å². The Morgan fingerprint density at radius 2 is 1.65 bits per heavy atom. The Morgan fingerprint density at radius 3 is 2.38 bits per heavy atom. The van der Waals surface area contributed by atoms with E-state index in [1.807, 2.05) is 36.4 Å². The van der Waals surface area contributed by atoms with Crippen LogP contribution in [-0.4, -0.2) is 22.0 Å². The van der Waals surface area contributed by atoms with Crippen molar-refractivity contribution < 1.29 is 9.59 Å². The Kier molecular flexibility index (Phi) is 4.86. The van der Waals surface area contributed by atoms with Crippen molar-refractivity contribution in [2.24, 2.45) is 29.6 Å². The van der Waals surface area contributed by atoms with E-state index in [1.165, 1.54) is 16.2 Å². The van der Waals surface area contributed by atoms with Crippen molar-refractivity contribution in [2.75, 3.05) is 4.90 Å². The molecule has 3 heterocycles. The third kappa shape index (κ3) is 2.93. The van der Waals surface area contributed by atoms with Crippen LogP contribution in [0, 0.1) is 29.6 Å². The molecule has 172 valence electrons. The molecule has 0 spiro atoms. The summed E-state index contributed by atoms with van der Waals surface area (Å²) in [5.41, 5.74) is 1.81. The van der Waals surface area contributed by atoms with Gasteiger partial charge in [0.1, 0.15) is 0 Å². The lowest BCUT2D eigenvalue weighted by Crippen LogP contribution is -2.42. The van der Waals surface area contributed by atoms with Crippen LogP contribution < -0.4 is 9.77 Å². The summed E-state index contributed by atoms with van der Waals surface area (Å²) in [6.45, 7) is 0. The minimum absolute atomic E-state index is 0.0430. The van der Waals surface area contributed by atoms with Crippen LogP contribution in [0.2, 0.25) is 0 Å². The first-order chi connectivity index (χ1) is 16.4. The summed E-state index contributed by atoms with van der Waals surface area (Å²) in [6.07, 6.45) is 0.896. The molecular weight excluding hydrogens is 600 g/mol. The zero-order chi connectivity index (χ0) is 23.3. The zero-order valence-corrected chi connectivity index (χ0v) is 22.4. The fourth-order valence-corrected chi connectivity index (χ4v) is 10.5. The van der Waals surface area contributed by atoms with Gasteiger partial charge in [-0.3, -0.25) is 19.3 Å². The Bertz CT molecular complexity index is 1420. The first kappa shape index (κ1) is 21.6. The maximum Gasteiger partial charge on any atom is 0.305 e. The number of amides is 2. The van der Waals surface area contributed by atoms with Crippen LogP contribution in [0.15, 0.2) is 67.3 Å². The lowest BCUT2D eigenvalue weighted by atomic mass is 9.68. The quantitative estimate of drug-likeness (QED) is 0.378. The highest BCUT2D eigenvalue weighted by atomic mass is 79.9. The standard InChI is InChI=1S/C25H18Br2N2O3S2/c26-11-4-6-13(7-5-11)29-23(30)18-14-9-15(19(18)24(29)31)20-17(14)16(10-2-1-3-12(27)8-10)21-22(33-20)28-25(32)34-21/h1-8,14-20H,9H2,(H,28,32)/t14?,15?,16-,17?,18?,19?,20?/m1/s1. The molecule has 3 fully saturated rings. The Labute approximate surface area is 220 Å². The zero-order valence-electron chi connectivity index (χ0n) is 17.6. The van der Waals surface area contributed by atoms with Crippen molar-refractivity contribution in [2.45, 2.75) is 22.6 Å². The summed E-state index contributed by atoms with van der Waals surface area (Å²) in [4.78, 5) is 45.2. The summed E-state index contributed by atoms with van der Waals surface area (Å²) in [5.74, 6) is -0.164. The van der Waals surface area contributed by atoms with Gasteiger partial charge >= 0.3 is 4.87 Å². The van der Waals surface area contributed by atoms with E-state index in [0.717, 1.165) is 30.8 Å². The topological polar surface area (TPSA) is 70.2 Å². The number of carbonyl (C=O) groups excluding carboxylic acids is 2. The minimum atomic E-state index is -0.283. The second-order valence-corrected chi connectivity index (χ2v) is 13.5. The highest BCUT2D eigenvalue weighted by Crippen LogP contribution is 2.68. The van der Waals surface area contributed by atoms with E-state index < -0.39 is 0 Å². The monoisotopic (exact) mass is 616 g/mol. The number of thioether (sulfide) groups is 1. The number of thiazole rings is 1. The third-order valence-corrected chi connectivity index (χ3v) is 11.6. The van der Waals surface area contributed by atoms with E-state index >= 15 is 0 Å². The van der Waals surface area contributed by atoms with Crippen LogP contribution in [-0.2, 0) is 9.59 Å². The molecule has 9 heteroatoms. The molecule has 0 radical (unpaired) electrons. The van der Waals surface area contributed by atoms with Crippen LogP contribution in [0.4, 0.5) is 5.69 Å². The maximum atomic E-state index is 13.7. The molecule has 2 bridgehead atoms. The Morgan fingerprint density at radius 1 is 0.912 bits per heavy atom. The number of H-pyrrole nitrogens is 1. The number of aromatic amines is 1. The number of fused-ring (bicyclic) bond motifs is 9. The molecule has 1 saturated heterocycles. The number of benzene rings is 2. The van der Waals surface area contributed by atoms with Crippen molar-refractivity contribution in [3.05, 3.63) is 77.6 Å². The van der Waals surface area contributed by atoms with Crippen LogP contribution in [0.5, 0.6) is 0 Å². The fourth-order valence-electron chi connectivity index (χ4n) is 6.93. The fraction of sp³-hybridized carbons (Fsp3) is 0.320. The predicted octanol–water partition coefficient (Wildman–Crippen LogP) is 5.64. The summed E-state index contributed by atoms with van der Waals surface area (Å²) >= 11 is 10.0. The molecule has 2 aliphatic heterocycles. The molecule has 1 N–H and O–H groups in total. The lowest BCUT2D eigenvalue weighted by molar-refractivity contribution is -0.123. The van der Waals surface area contributed by atoms with Gasteiger partial charge in [-0.2, -0.15) is 0 Å². The Hall–Kier alpha value is -1.68. The number of halogens is 2. The molecule has 1 aromatic heterocycles. The van der Waals surface area contributed by atoms with E-state index in [0.29, 0.717) is 5.69 Å². The molecular formula is C25H18Br2N2O3S2. The first-order valence-corrected chi connectivity index (χ1v) is 14.5. The molecule has 6 unspecified atom stereocenters. The van der Waals surface area contributed by atoms with E-state index in [9.17, 15) is 14.4 Å². The van der Waals surface area contributed by atoms with E-state index in [-0.39, 0.29) is 57.4 Å². The molecule has 2 aliphatic carbocycles. The van der Waals surface area contributed by atoms with Gasteiger partial charge in [-0.15, -0.1) is 11.8 Å².